The van der Waals surface area contributed by atoms with Gasteiger partial charge >= 0.3 is 29.6 Å². The van der Waals surface area contributed by atoms with E-state index in [0.29, 0.717) is 17.9 Å². The van der Waals surface area contributed by atoms with Gasteiger partial charge in [0.15, 0.2) is 0 Å². The Hall–Kier alpha value is -1.60. The molecule has 1 aliphatic rings. The Kier molecular flexibility index (Phi) is 7.06. The van der Waals surface area contributed by atoms with Crippen molar-refractivity contribution < 1.29 is 42.7 Å². The van der Waals surface area contributed by atoms with Gasteiger partial charge in [-0.3, -0.25) is 0 Å². The van der Waals surface area contributed by atoms with E-state index in [9.17, 15) is 8.42 Å². The Labute approximate surface area is 176 Å². The monoisotopic (exact) mass is 378 g/mol. The minimum Gasteiger partial charge on any atom is -0.490 e. The van der Waals surface area contributed by atoms with Gasteiger partial charge in [-0.25, -0.2) is 8.42 Å². The average molecular weight is 378 g/mol. The summed E-state index contributed by atoms with van der Waals surface area (Å²) in [7, 11) is -3.81. The van der Waals surface area contributed by atoms with Crippen LogP contribution in [0.25, 0.3) is 4.83 Å². The number of benzene rings is 2. The topological polar surface area (TPSA) is 69.8 Å². The molecule has 2 aromatic carbocycles. The van der Waals surface area contributed by atoms with Gasteiger partial charge in [0.1, 0.15) is 15.8 Å². The molecule has 0 fully saturated rings. The molecule has 5 nitrogen and oxygen atoms in total. The molecule has 0 aliphatic heterocycles. The minimum absolute atomic E-state index is 0. The Morgan fingerprint density at radius 1 is 1.12 bits per heavy atom. The molecule has 0 unspecified atom stereocenters. The van der Waals surface area contributed by atoms with Crippen molar-refractivity contribution in [3.8, 4) is 5.75 Å². The molecular weight excluding hydrogens is 359 g/mol. The number of nitrogens with zero attached hydrogens (tertiary/aromatic N) is 2. The van der Waals surface area contributed by atoms with Crippen LogP contribution in [0, 0.1) is 6.92 Å². The van der Waals surface area contributed by atoms with Crippen molar-refractivity contribution in [2.45, 2.75) is 31.6 Å². The second-order valence-corrected chi connectivity index (χ2v) is 7.38. The predicted molar refractivity (Wildman–Crippen MR) is 98.5 cm³/mol. The number of hydrogen-bond acceptors (Lipinski definition) is 4. The smallest absolute Gasteiger partial charge is 0.490 e. The largest absolute Gasteiger partial charge is 1.00 e. The third-order valence-corrected chi connectivity index (χ3v) is 5.12. The van der Waals surface area contributed by atoms with Gasteiger partial charge in [-0.05, 0) is 50.5 Å². The van der Waals surface area contributed by atoms with Gasteiger partial charge in [-0.2, -0.15) is 0 Å². The van der Waals surface area contributed by atoms with E-state index in [2.05, 4.69) is 9.93 Å². The summed E-state index contributed by atoms with van der Waals surface area (Å²) >= 11 is 0. The molecule has 0 aromatic heterocycles. The van der Waals surface area contributed by atoms with Crippen molar-refractivity contribution in [1.82, 2.24) is 0 Å². The molecule has 7 heteroatoms. The van der Waals surface area contributed by atoms with Gasteiger partial charge in [0.25, 0.3) is 0 Å². The van der Waals surface area contributed by atoms with Crippen LogP contribution in [0.15, 0.2) is 64.8 Å². The van der Waals surface area contributed by atoms with Crippen LogP contribution < -0.4 is 34.3 Å². The predicted octanol–water partition coefficient (Wildman–Crippen LogP) is 1.32. The molecule has 0 atom stereocenters. The molecule has 0 radical (unpaired) electrons. The summed E-state index contributed by atoms with van der Waals surface area (Å²) in [5.74, 6) is 0.662. The Morgan fingerprint density at radius 3 is 2.54 bits per heavy atom. The van der Waals surface area contributed by atoms with Crippen molar-refractivity contribution in [3.63, 3.8) is 0 Å². The van der Waals surface area contributed by atoms with Crippen LogP contribution in [0.3, 0.4) is 0 Å². The Morgan fingerprint density at radius 2 is 1.85 bits per heavy atom. The number of fused-ring (bicyclic) bond motifs is 1. The molecular formula is C19H19N2NaO3S. The summed E-state index contributed by atoms with van der Waals surface area (Å²) in [6, 6.07) is 12.3. The van der Waals surface area contributed by atoms with E-state index in [-0.39, 0.29) is 34.5 Å². The SMILES string of the molecule is C/C=C\Oc1cccc2c1/C(=N/[N-]S(=O)(=O)c1ccc(C)cc1)CC2.[Na+]. The fourth-order valence-corrected chi connectivity index (χ4v) is 3.47. The van der Waals surface area contributed by atoms with E-state index in [0.717, 1.165) is 23.1 Å². The summed E-state index contributed by atoms with van der Waals surface area (Å²) < 4.78 is 30.3. The fourth-order valence-electron chi connectivity index (χ4n) is 2.69. The standard InChI is InChI=1S/C19H19N2O3S.Na/c1-3-13-24-18-6-4-5-15-9-12-17(19(15)18)20-21-25(22,23)16-10-7-14(2)8-11-16;/h3-8,10-11,13H,9,12H2,1-2H3;/q-1;+1/b13-3-,20-17+;. The van der Waals surface area contributed by atoms with Crippen molar-refractivity contribution >= 4 is 15.7 Å². The maximum Gasteiger partial charge on any atom is 1.00 e. The van der Waals surface area contributed by atoms with Gasteiger partial charge < -0.3 is 14.7 Å². The molecule has 0 saturated heterocycles. The van der Waals surface area contributed by atoms with Crippen LogP contribution >= 0.6 is 0 Å². The quantitative estimate of drug-likeness (QED) is 0.448. The van der Waals surface area contributed by atoms with E-state index in [1.807, 2.05) is 32.0 Å². The van der Waals surface area contributed by atoms with Gasteiger partial charge in [0.05, 0.1) is 11.2 Å². The zero-order chi connectivity index (χ0) is 17.9. The van der Waals surface area contributed by atoms with Crippen molar-refractivity contribution in [2.75, 3.05) is 0 Å². The number of allylic oxidation sites excluding steroid dienone is 1. The van der Waals surface area contributed by atoms with Gasteiger partial charge in [0.2, 0.25) is 0 Å². The van der Waals surface area contributed by atoms with Crippen molar-refractivity contribution in [1.29, 1.82) is 0 Å². The number of aryl methyl sites for hydroxylation is 2. The molecule has 0 bridgehead atoms. The molecule has 3 rings (SSSR count). The third kappa shape index (κ3) is 4.57. The minimum atomic E-state index is -3.81. The number of rotatable bonds is 5. The van der Waals surface area contributed by atoms with Gasteiger partial charge in [-0.1, -0.05) is 35.9 Å². The zero-order valence-electron chi connectivity index (χ0n) is 15.1. The molecule has 26 heavy (non-hydrogen) atoms. The zero-order valence-corrected chi connectivity index (χ0v) is 18.0. The maximum atomic E-state index is 12.4. The van der Waals surface area contributed by atoms with Crippen LogP contribution in [0.5, 0.6) is 5.75 Å². The molecule has 0 spiro atoms. The molecule has 0 heterocycles. The fraction of sp³-hybridized carbons (Fsp3) is 0.211. The summed E-state index contributed by atoms with van der Waals surface area (Å²) in [5, 5.41) is 4.05. The summed E-state index contributed by atoms with van der Waals surface area (Å²) in [6.45, 7) is 3.76. The first kappa shape index (κ1) is 20.7. The van der Waals surface area contributed by atoms with Crippen LogP contribution in [-0.4, -0.2) is 14.1 Å². The number of hydrogen-bond donors (Lipinski definition) is 0. The van der Waals surface area contributed by atoms with E-state index in [1.165, 1.54) is 12.1 Å². The average Bonchev–Trinajstić information content (AvgIpc) is 3.02. The first-order chi connectivity index (χ1) is 12.0. The first-order valence-corrected chi connectivity index (χ1v) is 9.46. The third-order valence-electron chi connectivity index (χ3n) is 3.95. The maximum absolute atomic E-state index is 12.4. The van der Waals surface area contributed by atoms with E-state index in [1.54, 1.807) is 24.5 Å². The molecule has 1 aliphatic carbocycles. The first-order valence-electron chi connectivity index (χ1n) is 8.02. The van der Waals surface area contributed by atoms with Crippen LogP contribution in [0.2, 0.25) is 0 Å². The van der Waals surface area contributed by atoms with E-state index < -0.39 is 10.0 Å². The molecule has 0 N–H and O–H groups in total. The second-order valence-electron chi connectivity index (χ2n) is 5.79. The van der Waals surface area contributed by atoms with Gasteiger partial charge in [0, 0.05) is 11.3 Å². The molecule has 0 saturated carbocycles. The molecule has 0 amide bonds. The van der Waals surface area contributed by atoms with E-state index in [4.69, 9.17) is 4.74 Å². The Bertz CT molecular complexity index is 936. The summed E-state index contributed by atoms with van der Waals surface area (Å²) in [4.78, 5) is 3.78. The summed E-state index contributed by atoms with van der Waals surface area (Å²) in [6.07, 6.45) is 4.81. The van der Waals surface area contributed by atoms with Crippen LogP contribution in [0.1, 0.15) is 30.0 Å². The summed E-state index contributed by atoms with van der Waals surface area (Å²) in [5.41, 5.74) is 3.54. The number of ether oxygens (including phenoxy) is 1. The van der Waals surface area contributed by atoms with Crippen LogP contribution in [0.4, 0.5) is 0 Å². The second kappa shape index (κ2) is 8.86. The van der Waals surface area contributed by atoms with Crippen molar-refractivity contribution in [2.24, 2.45) is 5.10 Å². The van der Waals surface area contributed by atoms with E-state index >= 15 is 0 Å². The van der Waals surface area contributed by atoms with Gasteiger partial charge in [-0.15, -0.1) is 0 Å². The number of sulfonamides is 1. The molecule has 2 aromatic rings. The molecule has 130 valence electrons. The van der Waals surface area contributed by atoms with Crippen molar-refractivity contribution in [3.05, 3.63) is 76.3 Å². The Balaban J connectivity index is 0.00000243. The van der Waals surface area contributed by atoms with Crippen LogP contribution in [-0.2, 0) is 16.4 Å². The normalized spacial score (nSPS) is 14.9.